The average Bonchev–Trinajstić information content (AvgIpc) is 2.91. The molecule has 128 valence electrons. The molecule has 0 amide bonds. The molecule has 23 heavy (non-hydrogen) atoms. The molecular weight excluding hydrogens is 310 g/mol. The van der Waals surface area contributed by atoms with Gasteiger partial charge in [0, 0.05) is 24.4 Å². The molecular formula is C15H20F2N2O4. The van der Waals surface area contributed by atoms with E-state index in [1.54, 1.807) is 0 Å². The van der Waals surface area contributed by atoms with Gasteiger partial charge in [-0.15, -0.1) is 0 Å². The van der Waals surface area contributed by atoms with Crippen molar-refractivity contribution in [2.24, 2.45) is 0 Å². The quantitative estimate of drug-likeness (QED) is 0.613. The zero-order chi connectivity index (χ0) is 17.0. The Hall–Kier alpha value is -1.96. The number of halogens is 2. The first-order chi connectivity index (χ1) is 10.9. The number of alkyl halides is 2. The lowest BCUT2D eigenvalue weighted by Crippen LogP contribution is -2.47. The highest BCUT2D eigenvalue weighted by Gasteiger charge is 2.40. The lowest BCUT2D eigenvalue weighted by atomic mass is 9.91. The van der Waals surface area contributed by atoms with E-state index in [1.165, 1.54) is 18.2 Å². The van der Waals surface area contributed by atoms with Gasteiger partial charge in [0.1, 0.15) is 0 Å². The molecule has 0 saturated carbocycles. The maximum atomic E-state index is 12.5. The number of anilines is 1. The number of nitro groups is 1. The summed E-state index contributed by atoms with van der Waals surface area (Å²) in [6.07, 6.45) is 3.28. The second-order valence-electron chi connectivity index (χ2n) is 5.68. The minimum absolute atomic E-state index is 0.0527. The van der Waals surface area contributed by atoms with Gasteiger partial charge in [0.2, 0.25) is 5.75 Å². The van der Waals surface area contributed by atoms with Gasteiger partial charge < -0.3 is 14.7 Å². The highest BCUT2D eigenvalue weighted by molar-refractivity contribution is 5.61. The molecule has 0 spiro atoms. The third-order valence-corrected chi connectivity index (χ3v) is 4.27. The molecule has 6 nitrogen and oxygen atoms in total. The highest BCUT2D eigenvalue weighted by atomic mass is 19.3. The van der Waals surface area contributed by atoms with E-state index >= 15 is 0 Å². The summed E-state index contributed by atoms with van der Waals surface area (Å²) in [5.74, 6) is -0.460. The van der Waals surface area contributed by atoms with Crippen LogP contribution in [-0.4, -0.2) is 35.3 Å². The predicted octanol–water partition coefficient (Wildman–Crippen LogP) is 3.33. The lowest BCUT2D eigenvalue weighted by Gasteiger charge is -2.39. The van der Waals surface area contributed by atoms with E-state index in [0.717, 1.165) is 25.7 Å². The molecule has 1 aliphatic heterocycles. The fraction of sp³-hybridized carbons (Fsp3) is 0.600. The maximum Gasteiger partial charge on any atom is 0.387 e. The fourth-order valence-corrected chi connectivity index (χ4v) is 3.32. The van der Waals surface area contributed by atoms with Gasteiger partial charge in [-0.25, -0.2) is 0 Å². The molecule has 1 aromatic carbocycles. The molecule has 0 radical (unpaired) electrons. The van der Waals surface area contributed by atoms with Crippen LogP contribution in [0, 0.1) is 10.1 Å². The van der Waals surface area contributed by atoms with Crippen molar-refractivity contribution < 1.29 is 23.5 Å². The highest BCUT2D eigenvalue weighted by Crippen LogP contribution is 2.40. The average molecular weight is 330 g/mol. The Kier molecular flexibility index (Phi) is 5.35. The van der Waals surface area contributed by atoms with Crippen molar-refractivity contribution in [3.63, 3.8) is 0 Å². The smallest absolute Gasteiger partial charge is 0.387 e. The molecule has 0 bridgehead atoms. The van der Waals surface area contributed by atoms with E-state index in [9.17, 15) is 24.0 Å². The molecule has 1 heterocycles. The van der Waals surface area contributed by atoms with Crippen LogP contribution in [0.15, 0.2) is 18.2 Å². The minimum atomic E-state index is -3.14. The van der Waals surface area contributed by atoms with Gasteiger partial charge in [-0.2, -0.15) is 8.78 Å². The second kappa shape index (κ2) is 7.08. The van der Waals surface area contributed by atoms with Crippen LogP contribution in [0.2, 0.25) is 0 Å². The number of nitrogens with zero attached hydrogens (tertiary/aromatic N) is 2. The van der Waals surface area contributed by atoms with Crippen LogP contribution in [0.3, 0.4) is 0 Å². The van der Waals surface area contributed by atoms with Gasteiger partial charge >= 0.3 is 12.3 Å². The Morgan fingerprint density at radius 3 is 2.83 bits per heavy atom. The second-order valence-corrected chi connectivity index (χ2v) is 5.68. The van der Waals surface area contributed by atoms with Crippen LogP contribution in [0.5, 0.6) is 5.75 Å². The molecule has 1 N–H and O–H groups in total. The largest absolute Gasteiger partial charge is 0.427 e. The van der Waals surface area contributed by atoms with E-state index in [4.69, 9.17) is 0 Å². The summed E-state index contributed by atoms with van der Waals surface area (Å²) in [7, 11) is 0. The maximum absolute atomic E-state index is 12.5. The zero-order valence-corrected chi connectivity index (χ0v) is 12.9. The van der Waals surface area contributed by atoms with E-state index in [0.29, 0.717) is 12.2 Å². The molecule has 1 unspecified atom stereocenters. The third kappa shape index (κ3) is 3.52. The predicted molar refractivity (Wildman–Crippen MR) is 81.0 cm³/mol. The number of hydrogen-bond acceptors (Lipinski definition) is 5. The molecule has 1 aromatic rings. The van der Waals surface area contributed by atoms with E-state index in [2.05, 4.69) is 4.74 Å². The molecule has 1 atom stereocenters. The summed E-state index contributed by atoms with van der Waals surface area (Å²) < 4.78 is 29.3. The van der Waals surface area contributed by atoms with Crippen LogP contribution in [0.4, 0.5) is 20.2 Å². The summed E-state index contributed by atoms with van der Waals surface area (Å²) in [5.41, 5.74) is -0.405. The molecule has 1 saturated heterocycles. The third-order valence-electron chi connectivity index (χ3n) is 4.27. The number of aliphatic hydroxyl groups is 1. The number of rotatable bonds is 7. The summed E-state index contributed by atoms with van der Waals surface area (Å²) in [5, 5.41) is 20.8. The first kappa shape index (κ1) is 17.4. The van der Waals surface area contributed by atoms with Crippen molar-refractivity contribution >= 4 is 11.4 Å². The zero-order valence-electron chi connectivity index (χ0n) is 12.9. The molecule has 1 aliphatic rings. The molecule has 8 heteroatoms. The van der Waals surface area contributed by atoms with Gasteiger partial charge in [-0.3, -0.25) is 10.1 Å². The first-order valence-corrected chi connectivity index (χ1v) is 7.55. The van der Waals surface area contributed by atoms with Gasteiger partial charge in [0.25, 0.3) is 0 Å². The van der Waals surface area contributed by atoms with Crippen molar-refractivity contribution in [1.82, 2.24) is 0 Å². The van der Waals surface area contributed by atoms with Crippen molar-refractivity contribution in [3.8, 4) is 5.75 Å². The van der Waals surface area contributed by atoms with Crippen LogP contribution in [0.25, 0.3) is 0 Å². The summed E-state index contributed by atoms with van der Waals surface area (Å²) in [6, 6.07) is 3.94. The first-order valence-electron chi connectivity index (χ1n) is 7.55. The van der Waals surface area contributed by atoms with Crippen LogP contribution in [0.1, 0.15) is 32.6 Å². The summed E-state index contributed by atoms with van der Waals surface area (Å²) >= 11 is 0. The van der Waals surface area contributed by atoms with E-state index in [-0.39, 0.29) is 6.61 Å². The Bertz CT molecular complexity index is 570. The van der Waals surface area contributed by atoms with Gasteiger partial charge in [0.05, 0.1) is 17.1 Å². The van der Waals surface area contributed by atoms with Crippen LogP contribution in [-0.2, 0) is 0 Å². The SMILES string of the molecule is CCCC1(CO)CCCN1c1ccc([N+](=O)[O-])c(OC(F)F)c1. The Balaban J connectivity index is 2.40. The molecule has 0 aromatic heterocycles. The number of nitro benzene ring substituents is 1. The van der Waals surface area contributed by atoms with Crippen LogP contribution >= 0.6 is 0 Å². The Labute approximate surface area is 132 Å². The van der Waals surface area contributed by atoms with E-state index < -0.39 is 28.5 Å². The topological polar surface area (TPSA) is 75.8 Å². The number of benzene rings is 1. The van der Waals surface area contributed by atoms with Crippen molar-refractivity contribution in [2.45, 2.75) is 44.8 Å². The standard InChI is InChI=1S/C15H20F2N2O4/c1-2-6-15(10-20)7-3-8-18(15)11-4-5-12(19(21)22)13(9-11)23-14(16)17/h4-5,9,14,20H,2-3,6-8,10H2,1H3. The van der Waals surface area contributed by atoms with Crippen molar-refractivity contribution in [1.29, 1.82) is 0 Å². The summed E-state index contributed by atoms with van der Waals surface area (Å²) in [6.45, 7) is -0.523. The number of hydrogen-bond donors (Lipinski definition) is 1. The summed E-state index contributed by atoms with van der Waals surface area (Å²) in [4.78, 5) is 12.1. The van der Waals surface area contributed by atoms with Crippen LogP contribution < -0.4 is 9.64 Å². The van der Waals surface area contributed by atoms with E-state index in [1.807, 2.05) is 11.8 Å². The number of aliphatic hydroxyl groups excluding tert-OH is 1. The Morgan fingerprint density at radius 2 is 2.26 bits per heavy atom. The van der Waals surface area contributed by atoms with Crippen molar-refractivity contribution in [3.05, 3.63) is 28.3 Å². The monoisotopic (exact) mass is 330 g/mol. The van der Waals surface area contributed by atoms with Gasteiger partial charge in [0.15, 0.2) is 0 Å². The molecule has 1 fully saturated rings. The minimum Gasteiger partial charge on any atom is -0.427 e. The molecule has 2 rings (SSSR count). The number of ether oxygens (including phenoxy) is 1. The lowest BCUT2D eigenvalue weighted by molar-refractivity contribution is -0.386. The van der Waals surface area contributed by atoms with Crippen molar-refractivity contribution in [2.75, 3.05) is 18.1 Å². The van der Waals surface area contributed by atoms with Gasteiger partial charge in [-0.05, 0) is 25.3 Å². The molecule has 0 aliphatic carbocycles. The fourth-order valence-electron chi connectivity index (χ4n) is 3.32. The Morgan fingerprint density at radius 1 is 1.52 bits per heavy atom. The van der Waals surface area contributed by atoms with Gasteiger partial charge in [-0.1, -0.05) is 13.3 Å². The normalized spacial score (nSPS) is 21.0.